The summed E-state index contributed by atoms with van der Waals surface area (Å²) in [6.07, 6.45) is 0.652. The Kier molecular flexibility index (Phi) is 5.84. The summed E-state index contributed by atoms with van der Waals surface area (Å²) in [5.74, 6) is 0.919. The fourth-order valence-electron chi connectivity index (χ4n) is 3.27. The maximum Gasteiger partial charge on any atom is 0.329 e. The summed E-state index contributed by atoms with van der Waals surface area (Å²) in [5, 5.41) is 0. The molecule has 0 fully saturated rings. The average Bonchev–Trinajstić information content (AvgIpc) is 2.64. The highest BCUT2D eigenvalue weighted by Crippen LogP contribution is 2.30. The summed E-state index contributed by atoms with van der Waals surface area (Å²) in [6.45, 7) is 3.86. The molecule has 1 unspecified atom stereocenters. The number of anilines is 1. The molecule has 1 aromatic heterocycles. The van der Waals surface area contributed by atoms with E-state index in [1.54, 1.807) is 0 Å². The Morgan fingerprint density at radius 3 is 2.68 bits per heavy atom. The number of carbonyl (C=O) groups excluding carboxylic acids is 1. The first kappa shape index (κ1) is 19.7. The van der Waals surface area contributed by atoms with Crippen LogP contribution in [0.5, 0.6) is 11.5 Å². The van der Waals surface area contributed by atoms with E-state index >= 15 is 0 Å². The van der Waals surface area contributed by atoms with E-state index in [2.05, 4.69) is 4.98 Å². The number of ether oxygens (including phenoxy) is 2. The molecule has 1 aliphatic rings. The van der Waals surface area contributed by atoms with Gasteiger partial charge in [-0.05, 0) is 24.6 Å². The van der Waals surface area contributed by atoms with Gasteiger partial charge >= 0.3 is 5.69 Å². The van der Waals surface area contributed by atoms with Crippen molar-refractivity contribution < 1.29 is 19.2 Å². The molecule has 2 heterocycles. The highest BCUT2D eigenvalue weighted by atomic mass is 16.6. The minimum absolute atomic E-state index is 0.0616. The van der Waals surface area contributed by atoms with Crippen molar-refractivity contribution in [1.82, 2.24) is 9.55 Å². The van der Waals surface area contributed by atoms with Gasteiger partial charge in [-0.25, -0.2) is 4.79 Å². The molecule has 0 bridgehead atoms. The summed E-state index contributed by atoms with van der Waals surface area (Å²) in [5.41, 5.74) is 5.44. The Bertz CT molecular complexity index is 995. The summed E-state index contributed by atoms with van der Waals surface area (Å²) < 4.78 is 12.3. The Balaban J connectivity index is 1.75. The van der Waals surface area contributed by atoms with Crippen molar-refractivity contribution >= 4 is 11.6 Å². The fourth-order valence-corrected chi connectivity index (χ4v) is 3.27. The molecule has 4 N–H and O–H groups in total. The maximum absolute atomic E-state index is 12.7. The third-order valence-electron chi connectivity index (χ3n) is 4.54. The van der Waals surface area contributed by atoms with Gasteiger partial charge in [0.05, 0.1) is 7.05 Å². The number of likely N-dealkylation sites (N-methyl/N-ethyl adjacent to an activating group) is 1. The van der Waals surface area contributed by atoms with Gasteiger partial charge in [0.15, 0.2) is 11.5 Å². The third-order valence-corrected chi connectivity index (χ3v) is 4.54. The van der Waals surface area contributed by atoms with Crippen molar-refractivity contribution in [1.29, 1.82) is 0 Å². The number of benzene rings is 1. The first-order chi connectivity index (χ1) is 13.4. The molecule has 2 aromatic rings. The van der Waals surface area contributed by atoms with Gasteiger partial charge in [-0.1, -0.05) is 6.92 Å². The smallest absolute Gasteiger partial charge is 0.329 e. The van der Waals surface area contributed by atoms with Crippen LogP contribution in [0.25, 0.3) is 0 Å². The normalized spacial score (nSPS) is 13.9. The van der Waals surface area contributed by atoms with Gasteiger partial charge in [0.25, 0.3) is 5.56 Å². The van der Waals surface area contributed by atoms with Gasteiger partial charge < -0.3 is 20.1 Å². The number of quaternary nitrogens is 1. The first-order valence-electron chi connectivity index (χ1n) is 9.26. The summed E-state index contributed by atoms with van der Waals surface area (Å²) in [6, 6.07) is 5.66. The predicted molar refractivity (Wildman–Crippen MR) is 103 cm³/mol. The first-order valence-corrected chi connectivity index (χ1v) is 9.26. The Labute approximate surface area is 161 Å². The summed E-state index contributed by atoms with van der Waals surface area (Å²) in [7, 11) is 1.85. The van der Waals surface area contributed by atoms with Crippen LogP contribution in [0.1, 0.15) is 29.3 Å². The zero-order chi connectivity index (χ0) is 20.3. The minimum Gasteiger partial charge on any atom is -0.486 e. The van der Waals surface area contributed by atoms with Crippen LogP contribution >= 0.6 is 0 Å². The summed E-state index contributed by atoms with van der Waals surface area (Å²) >= 11 is 0. The fraction of sp³-hybridized carbons (Fsp3) is 0.421. The lowest BCUT2D eigenvalue weighted by atomic mass is 10.1. The van der Waals surface area contributed by atoms with Crippen LogP contribution in [0.2, 0.25) is 0 Å². The largest absolute Gasteiger partial charge is 0.486 e. The molecule has 9 heteroatoms. The highest BCUT2D eigenvalue weighted by molar-refractivity contribution is 6.00. The monoisotopic (exact) mass is 389 g/mol. The molecular formula is C19H25N4O5+. The van der Waals surface area contributed by atoms with Gasteiger partial charge in [-0.15, -0.1) is 0 Å². The standard InChI is InChI=1S/C19H24N4O5/c1-3-6-23-17(20)16(18(25)21-19(23)26)13(24)11-22(2)10-12-4-5-14-15(9-12)28-8-7-27-14/h4-5,9H,3,6-8,10-11,20H2,1-2H3,(H,21,25,26)/p+1. The van der Waals surface area contributed by atoms with E-state index in [4.69, 9.17) is 15.2 Å². The van der Waals surface area contributed by atoms with E-state index in [1.807, 2.05) is 32.2 Å². The van der Waals surface area contributed by atoms with Crippen LogP contribution in [0.4, 0.5) is 5.82 Å². The number of hydrogen-bond donors (Lipinski definition) is 3. The number of hydrogen-bond acceptors (Lipinski definition) is 6. The number of nitrogens with two attached hydrogens (primary N) is 1. The number of Topliss-reactive ketones (excluding diaryl/α,β-unsaturated/α-hetero) is 1. The second-order valence-corrected chi connectivity index (χ2v) is 6.88. The second-order valence-electron chi connectivity index (χ2n) is 6.88. The number of aromatic nitrogens is 2. The number of carbonyl (C=O) groups is 1. The SMILES string of the molecule is CCCn1c(N)c(C(=O)C[NH+](C)Cc2ccc3c(c2)OCCO3)c(=O)[nH]c1=O. The number of aromatic amines is 1. The Morgan fingerprint density at radius 1 is 1.25 bits per heavy atom. The molecule has 150 valence electrons. The quantitative estimate of drug-likeness (QED) is 0.533. The lowest BCUT2D eigenvalue weighted by Crippen LogP contribution is -3.08. The van der Waals surface area contributed by atoms with Crippen LogP contribution in [-0.4, -0.2) is 42.1 Å². The Morgan fingerprint density at radius 2 is 1.96 bits per heavy atom. The number of rotatable bonds is 7. The molecule has 28 heavy (non-hydrogen) atoms. The molecule has 1 aliphatic heterocycles. The topological polar surface area (TPSA) is 121 Å². The van der Waals surface area contributed by atoms with Crippen molar-refractivity contribution in [2.24, 2.45) is 0 Å². The molecular weight excluding hydrogens is 364 g/mol. The minimum atomic E-state index is -0.744. The lowest BCUT2D eigenvalue weighted by Gasteiger charge is -2.20. The molecule has 1 aromatic carbocycles. The number of nitrogen functional groups attached to an aromatic ring is 1. The van der Waals surface area contributed by atoms with Gasteiger partial charge in [0.1, 0.15) is 37.7 Å². The van der Waals surface area contributed by atoms with Crippen molar-refractivity contribution in [3.63, 3.8) is 0 Å². The van der Waals surface area contributed by atoms with Gasteiger partial charge in [0, 0.05) is 12.1 Å². The van der Waals surface area contributed by atoms with Crippen molar-refractivity contribution in [3.05, 3.63) is 50.2 Å². The predicted octanol–water partition coefficient (Wildman–Crippen LogP) is -0.802. The molecule has 1 atom stereocenters. The van der Waals surface area contributed by atoms with Crippen molar-refractivity contribution in [2.75, 3.05) is 32.5 Å². The van der Waals surface area contributed by atoms with Crippen LogP contribution in [0, 0.1) is 0 Å². The van der Waals surface area contributed by atoms with Gasteiger partial charge in [0.2, 0.25) is 5.78 Å². The van der Waals surface area contributed by atoms with E-state index < -0.39 is 17.0 Å². The molecule has 9 nitrogen and oxygen atoms in total. The molecule has 0 radical (unpaired) electrons. The summed E-state index contributed by atoms with van der Waals surface area (Å²) in [4.78, 5) is 39.8. The molecule has 0 amide bonds. The average molecular weight is 389 g/mol. The molecule has 0 aliphatic carbocycles. The highest BCUT2D eigenvalue weighted by Gasteiger charge is 2.22. The van der Waals surface area contributed by atoms with Crippen LogP contribution < -0.4 is 31.4 Å². The number of nitrogens with zero attached hydrogens (tertiary/aromatic N) is 1. The van der Waals surface area contributed by atoms with Crippen molar-refractivity contribution in [2.45, 2.75) is 26.4 Å². The molecule has 0 spiro atoms. The number of nitrogens with one attached hydrogen (secondary N) is 2. The third kappa shape index (κ3) is 4.09. The van der Waals surface area contributed by atoms with Gasteiger partial charge in [-0.2, -0.15) is 0 Å². The van der Waals surface area contributed by atoms with Crippen LogP contribution in [0.15, 0.2) is 27.8 Å². The number of H-pyrrole nitrogens is 1. The van der Waals surface area contributed by atoms with E-state index in [0.29, 0.717) is 44.2 Å². The molecule has 0 saturated carbocycles. The zero-order valence-corrected chi connectivity index (χ0v) is 16.0. The zero-order valence-electron chi connectivity index (χ0n) is 16.0. The van der Waals surface area contributed by atoms with Gasteiger partial charge in [-0.3, -0.25) is 19.1 Å². The molecule has 3 rings (SSSR count). The lowest BCUT2D eigenvalue weighted by molar-refractivity contribution is -0.884. The van der Waals surface area contributed by atoms with Crippen LogP contribution in [0.3, 0.4) is 0 Å². The Hall–Kier alpha value is -3.07. The van der Waals surface area contributed by atoms with Crippen molar-refractivity contribution in [3.8, 4) is 11.5 Å². The second kappa shape index (κ2) is 8.30. The van der Waals surface area contributed by atoms with E-state index in [9.17, 15) is 14.4 Å². The van der Waals surface area contributed by atoms with E-state index in [-0.39, 0.29) is 17.9 Å². The molecule has 0 saturated heterocycles. The number of fused-ring (bicyclic) bond motifs is 1. The van der Waals surface area contributed by atoms with Crippen LogP contribution in [-0.2, 0) is 13.1 Å². The van der Waals surface area contributed by atoms with E-state index in [1.165, 1.54) is 4.57 Å². The number of ketones is 1. The maximum atomic E-state index is 12.7. The van der Waals surface area contributed by atoms with E-state index in [0.717, 1.165) is 10.5 Å².